The molecule has 0 radical (unpaired) electrons. The molecule has 7 nitrogen and oxygen atoms in total. The Hall–Kier alpha value is -2.74. The molecular weight excluding hydrogens is 392 g/mol. The molecule has 2 aromatic rings. The smallest absolute Gasteiger partial charge is 0.251 e. The molecule has 0 unspecified atom stereocenters. The molecule has 0 aliphatic carbocycles. The van der Waals surface area contributed by atoms with Gasteiger partial charge in [0.25, 0.3) is 5.91 Å². The first-order valence-electron chi connectivity index (χ1n) is 9.36. The third-order valence-corrected chi connectivity index (χ3v) is 6.27. The highest BCUT2D eigenvalue weighted by molar-refractivity contribution is 7.92. The highest BCUT2D eigenvalue weighted by atomic mass is 32.2. The summed E-state index contributed by atoms with van der Waals surface area (Å²) in [4.78, 5) is 12.5. The number of carbonyl (C=O) groups excluding carboxylic acids is 1. The van der Waals surface area contributed by atoms with Gasteiger partial charge in [0.05, 0.1) is 26.2 Å². The number of fused-ring (bicyclic) bond motifs is 1. The Morgan fingerprint density at radius 1 is 1.14 bits per heavy atom. The van der Waals surface area contributed by atoms with E-state index < -0.39 is 10.0 Å². The van der Waals surface area contributed by atoms with Crippen LogP contribution in [0.1, 0.15) is 28.4 Å². The summed E-state index contributed by atoms with van der Waals surface area (Å²) < 4.78 is 36.0. The lowest BCUT2D eigenvalue weighted by atomic mass is 10.1. The summed E-state index contributed by atoms with van der Waals surface area (Å²) in [6, 6.07) is 10.7. The van der Waals surface area contributed by atoms with E-state index in [1.54, 1.807) is 32.4 Å². The monoisotopic (exact) mass is 418 g/mol. The van der Waals surface area contributed by atoms with Gasteiger partial charge in [-0.25, -0.2) is 8.42 Å². The Labute approximate surface area is 171 Å². The first kappa shape index (κ1) is 21.0. The summed E-state index contributed by atoms with van der Waals surface area (Å²) in [6.07, 6.45) is 2.44. The Morgan fingerprint density at radius 2 is 1.86 bits per heavy atom. The fourth-order valence-corrected chi connectivity index (χ4v) is 4.97. The van der Waals surface area contributed by atoms with Gasteiger partial charge in [-0.05, 0) is 61.2 Å². The van der Waals surface area contributed by atoms with Gasteiger partial charge in [0.15, 0.2) is 11.5 Å². The maximum absolute atomic E-state index is 12.5. The maximum Gasteiger partial charge on any atom is 0.251 e. The predicted octanol–water partition coefficient (Wildman–Crippen LogP) is 2.39. The van der Waals surface area contributed by atoms with Crippen molar-refractivity contribution in [2.45, 2.75) is 25.8 Å². The molecule has 1 amide bonds. The van der Waals surface area contributed by atoms with Crippen LogP contribution in [0.4, 0.5) is 5.69 Å². The lowest BCUT2D eigenvalue weighted by molar-refractivity contribution is 0.0954. The van der Waals surface area contributed by atoms with Crippen LogP contribution < -0.4 is 19.1 Å². The Balaban J connectivity index is 1.65. The van der Waals surface area contributed by atoms with Crippen LogP contribution in [0.15, 0.2) is 36.4 Å². The van der Waals surface area contributed by atoms with Crippen molar-refractivity contribution in [1.29, 1.82) is 0 Å². The van der Waals surface area contributed by atoms with E-state index in [2.05, 4.69) is 5.32 Å². The molecule has 0 saturated carbocycles. The van der Waals surface area contributed by atoms with Crippen LogP contribution in [0.5, 0.6) is 11.5 Å². The van der Waals surface area contributed by atoms with Crippen molar-refractivity contribution >= 4 is 21.6 Å². The molecule has 0 fully saturated rings. The fourth-order valence-electron chi connectivity index (χ4n) is 3.71. The minimum absolute atomic E-state index is 0.150. The average Bonchev–Trinajstić information content (AvgIpc) is 3.02. The standard InChI is InChI=1S/C21H26N2O5S/c1-14-11-17-13-16(6-7-18(17)23(14)29(4,25)26)21(24)22-10-9-15-5-8-19(27-2)20(12-15)28-3/h5-8,12-14H,9-11H2,1-4H3,(H,22,24)/t14-/m1/s1. The van der Waals surface area contributed by atoms with Crippen molar-refractivity contribution in [1.82, 2.24) is 5.32 Å². The van der Waals surface area contributed by atoms with Crippen LogP contribution in [0, 0.1) is 0 Å². The molecule has 0 saturated heterocycles. The highest BCUT2D eigenvalue weighted by Crippen LogP contribution is 2.34. The van der Waals surface area contributed by atoms with Gasteiger partial charge in [-0.3, -0.25) is 9.10 Å². The summed E-state index contributed by atoms with van der Waals surface area (Å²) in [5.41, 5.74) is 3.07. The molecular formula is C21H26N2O5S. The van der Waals surface area contributed by atoms with E-state index in [0.29, 0.717) is 42.1 Å². The van der Waals surface area contributed by atoms with E-state index >= 15 is 0 Å². The first-order chi connectivity index (χ1) is 13.7. The van der Waals surface area contributed by atoms with Crippen LogP contribution in [0.2, 0.25) is 0 Å². The third-order valence-electron chi connectivity index (χ3n) is 5.00. The van der Waals surface area contributed by atoms with Gasteiger partial charge < -0.3 is 14.8 Å². The molecule has 1 aliphatic rings. The number of anilines is 1. The number of carbonyl (C=O) groups is 1. The molecule has 1 aliphatic heterocycles. The molecule has 2 aromatic carbocycles. The van der Waals surface area contributed by atoms with Gasteiger partial charge in [0, 0.05) is 18.2 Å². The molecule has 156 valence electrons. The molecule has 1 heterocycles. The summed E-state index contributed by atoms with van der Waals surface area (Å²) >= 11 is 0. The number of rotatable bonds is 7. The number of sulfonamides is 1. The fraction of sp³-hybridized carbons (Fsp3) is 0.381. The Morgan fingerprint density at radius 3 is 2.52 bits per heavy atom. The number of hydrogen-bond donors (Lipinski definition) is 1. The number of nitrogens with zero attached hydrogens (tertiary/aromatic N) is 1. The zero-order valence-electron chi connectivity index (χ0n) is 17.1. The van der Waals surface area contributed by atoms with Gasteiger partial charge in [-0.2, -0.15) is 0 Å². The lowest BCUT2D eigenvalue weighted by Crippen LogP contribution is -2.34. The predicted molar refractivity (Wildman–Crippen MR) is 113 cm³/mol. The van der Waals surface area contributed by atoms with Crippen molar-refractivity contribution in [3.63, 3.8) is 0 Å². The van der Waals surface area contributed by atoms with Crippen molar-refractivity contribution in [3.05, 3.63) is 53.1 Å². The summed E-state index contributed by atoms with van der Waals surface area (Å²) in [5, 5.41) is 2.91. The Bertz CT molecular complexity index is 1020. The van der Waals surface area contributed by atoms with Crippen LogP contribution in [0.3, 0.4) is 0 Å². The second-order valence-electron chi connectivity index (χ2n) is 7.15. The van der Waals surface area contributed by atoms with Gasteiger partial charge in [-0.15, -0.1) is 0 Å². The Kier molecular flexibility index (Phi) is 6.02. The van der Waals surface area contributed by atoms with E-state index in [4.69, 9.17) is 9.47 Å². The number of benzene rings is 2. The van der Waals surface area contributed by atoms with Gasteiger partial charge in [-0.1, -0.05) is 6.07 Å². The van der Waals surface area contributed by atoms with E-state index in [9.17, 15) is 13.2 Å². The van der Waals surface area contributed by atoms with E-state index in [1.807, 2.05) is 25.1 Å². The van der Waals surface area contributed by atoms with Crippen molar-refractivity contribution in [2.24, 2.45) is 0 Å². The number of nitrogens with one attached hydrogen (secondary N) is 1. The van der Waals surface area contributed by atoms with Gasteiger partial charge in [0.1, 0.15) is 0 Å². The van der Waals surface area contributed by atoms with Gasteiger partial charge >= 0.3 is 0 Å². The molecule has 1 atom stereocenters. The summed E-state index contributed by atoms with van der Waals surface area (Å²) in [6.45, 7) is 2.33. The number of methoxy groups -OCH3 is 2. The number of hydrogen-bond acceptors (Lipinski definition) is 5. The van der Waals surface area contributed by atoms with E-state index in [0.717, 1.165) is 11.1 Å². The second kappa shape index (κ2) is 8.32. The minimum Gasteiger partial charge on any atom is -0.493 e. The molecule has 0 aromatic heterocycles. The molecule has 1 N–H and O–H groups in total. The SMILES string of the molecule is COc1ccc(CCNC(=O)c2ccc3c(c2)C[C@@H](C)N3S(C)(=O)=O)cc1OC. The molecule has 0 spiro atoms. The second-order valence-corrected chi connectivity index (χ2v) is 9.01. The average molecular weight is 419 g/mol. The lowest BCUT2D eigenvalue weighted by Gasteiger charge is -2.21. The maximum atomic E-state index is 12.5. The number of ether oxygens (including phenoxy) is 2. The topological polar surface area (TPSA) is 84.9 Å². The van der Waals surface area contributed by atoms with E-state index in [-0.39, 0.29) is 11.9 Å². The number of amides is 1. The minimum atomic E-state index is -3.34. The zero-order chi connectivity index (χ0) is 21.2. The van der Waals surface area contributed by atoms with E-state index in [1.165, 1.54) is 10.6 Å². The first-order valence-corrected chi connectivity index (χ1v) is 11.2. The summed E-state index contributed by atoms with van der Waals surface area (Å²) in [5.74, 6) is 1.13. The zero-order valence-corrected chi connectivity index (χ0v) is 17.9. The molecule has 29 heavy (non-hydrogen) atoms. The molecule has 3 rings (SSSR count). The van der Waals surface area contributed by atoms with Crippen LogP contribution in [0.25, 0.3) is 0 Å². The van der Waals surface area contributed by atoms with Crippen LogP contribution in [-0.2, 0) is 22.9 Å². The van der Waals surface area contributed by atoms with Crippen molar-refractivity contribution in [3.8, 4) is 11.5 Å². The largest absolute Gasteiger partial charge is 0.493 e. The molecule has 8 heteroatoms. The third kappa shape index (κ3) is 4.48. The normalized spacial score (nSPS) is 15.7. The quantitative estimate of drug-likeness (QED) is 0.746. The molecule has 0 bridgehead atoms. The van der Waals surface area contributed by atoms with Crippen LogP contribution in [-0.4, -0.2) is 47.4 Å². The van der Waals surface area contributed by atoms with Crippen LogP contribution >= 0.6 is 0 Å². The summed E-state index contributed by atoms with van der Waals surface area (Å²) in [7, 11) is -0.166. The highest BCUT2D eigenvalue weighted by Gasteiger charge is 2.32. The van der Waals surface area contributed by atoms with Gasteiger partial charge in [0.2, 0.25) is 10.0 Å². The van der Waals surface area contributed by atoms with Crippen molar-refractivity contribution in [2.75, 3.05) is 31.3 Å². The van der Waals surface area contributed by atoms with Crippen molar-refractivity contribution < 1.29 is 22.7 Å².